The molecular weight excluding hydrogens is 500 g/mol. The Morgan fingerprint density at radius 3 is 2.31 bits per heavy atom. The van der Waals surface area contributed by atoms with Crippen LogP contribution in [0.1, 0.15) is 19.4 Å². The molecule has 0 bridgehead atoms. The fourth-order valence-corrected chi connectivity index (χ4v) is 2.98. The summed E-state index contributed by atoms with van der Waals surface area (Å²) in [5.41, 5.74) is 0.876. The van der Waals surface area contributed by atoms with Crippen LogP contribution >= 0.6 is 24.0 Å². The van der Waals surface area contributed by atoms with Gasteiger partial charge in [0.1, 0.15) is 5.75 Å². The second kappa shape index (κ2) is 11.8. The van der Waals surface area contributed by atoms with Crippen molar-refractivity contribution in [2.45, 2.75) is 32.2 Å². The smallest absolute Gasteiger partial charge is 0.406 e. The SMILES string of the molecule is CN=C(NCCc1ccc(OC(F)(F)F)cc1)NCC(C)(C)N1CCOCC1.I. The quantitative estimate of drug-likeness (QED) is 0.323. The summed E-state index contributed by atoms with van der Waals surface area (Å²) in [4.78, 5) is 6.62. The molecule has 1 aliphatic heterocycles. The van der Waals surface area contributed by atoms with Crippen LogP contribution in [-0.2, 0) is 11.2 Å². The van der Waals surface area contributed by atoms with Gasteiger partial charge in [0, 0.05) is 38.8 Å². The minimum atomic E-state index is -4.67. The maximum Gasteiger partial charge on any atom is 0.573 e. The zero-order chi connectivity index (χ0) is 20.6. The second-order valence-corrected chi connectivity index (χ2v) is 7.21. The van der Waals surface area contributed by atoms with Crippen LogP contribution in [-0.4, -0.2) is 69.2 Å². The molecule has 2 N–H and O–H groups in total. The van der Waals surface area contributed by atoms with Gasteiger partial charge in [-0.3, -0.25) is 9.89 Å². The summed E-state index contributed by atoms with van der Waals surface area (Å²) in [6, 6.07) is 5.89. The summed E-state index contributed by atoms with van der Waals surface area (Å²) in [5.74, 6) is 0.477. The molecule has 0 atom stereocenters. The molecule has 6 nitrogen and oxygen atoms in total. The largest absolute Gasteiger partial charge is 0.573 e. The van der Waals surface area contributed by atoms with Gasteiger partial charge in [-0.05, 0) is 38.0 Å². The van der Waals surface area contributed by atoms with Crippen molar-refractivity contribution in [2.24, 2.45) is 4.99 Å². The minimum Gasteiger partial charge on any atom is -0.406 e. The number of hydrogen-bond acceptors (Lipinski definition) is 4. The van der Waals surface area contributed by atoms with Gasteiger partial charge in [-0.15, -0.1) is 37.1 Å². The highest BCUT2D eigenvalue weighted by Gasteiger charge is 2.31. The van der Waals surface area contributed by atoms with Gasteiger partial charge in [0.2, 0.25) is 0 Å². The number of benzene rings is 1. The van der Waals surface area contributed by atoms with Crippen molar-refractivity contribution in [1.82, 2.24) is 15.5 Å². The van der Waals surface area contributed by atoms with Crippen molar-refractivity contribution in [3.05, 3.63) is 29.8 Å². The zero-order valence-electron chi connectivity index (χ0n) is 17.0. The average Bonchev–Trinajstić information content (AvgIpc) is 2.65. The lowest BCUT2D eigenvalue weighted by molar-refractivity contribution is -0.274. The molecule has 166 valence electrons. The number of hydrogen-bond donors (Lipinski definition) is 2. The van der Waals surface area contributed by atoms with Crippen LogP contribution in [0.25, 0.3) is 0 Å². The number of rotatable bonds is 7. The first kappa shape index (κ1) is 25.8. The molecule has 0 unspecified atom stereocenters. The topological polar surface area (TPSA) is 58.1 Å². The third kappa shape index (κ3) is 9.39. The van der Waals surface area contributed by atoms with Gasteiger partial charge in [0.25, 0.3) is 0 Å². The molecule has 0 aromatic heterocycles. The predicted octanol–water partition coefficient (Wildman–Crippen LogP) is 3.02. The van der Waals surface area contributed by atoms with Crippen LogP contribution in [0.2, 0.25) is 0 Å². The number of ether oxygens (including phenoxy) is 2. The maximum absolute atomic E-state index is 12.2. The molecule has 0 amide bonds. The van der Waals surface area contributed by atoms with Crippen molar-refractivity contribution in [2.75, 3.05) is 46.4 Å². The standard InChI is InChI=1S/C19H29F3N4O2.HI/c1-18(2,26-10-12-27-13-11-26)14-25-17(23-3)24-9-8-15-4-6-16(7-5-15)28-19(20,21)22;/h4-7H,8-14H2,1-3H3,(H2,23,24,25);1H. The molecule has 0 radical (unpaired) electrons. The van der Waals surface area contributed by atoms with Crippen molar-refractivity contribution in [3.63, 3.8) is 0 Å². The number of nitrogens with one attached hydrogen (secondary N) is 2. The number of halogens is 4. The zero-order valence-corrected chi connectivity index (χ0v) is 19.3. The number of alkyl halides is 3. The molecule has 29 heavy (non-hydrogen) atoms. The molecule has 1 saturated heterocycles. The van der Waals surface area contributed by atoms with E-state index in [9.17, 15) is 13.2 Å². The van der Waals surface area contributed by atoms with Crippen LogP contribution in [0.5, 0.6) is 5.75 Å². The Hall–Kier alpha value is -1.27. The Balaban J connectivity index is 0.00000420. The van der Waals surface area contributed by atoms with Gasteiger partial charge in [-0.25, -0.2) is 0 Å². The van der Waals surface area contributed by atoms with E-state index in [4.69, 9.17) is 4.74 Å². The molecule has 1 heterocycles. The van der Waals surface area contributed by atoms with E-state index < -0.39 is 6.36 Å². The molecule has 1 fully saturated rings. The fraction of sp³-hybridized carbons (Fsp3) is 0.632. The second-order valence-electron chi connectivity index (χ2n) is 7.21. The van der Waals surface area contributed by atoms with E-state index in [1.54, 1.807) is 19.2 Å². The lowest BCUT2D eigenvalue weighted by Crippen LogP contribution is -2.56. The maximum atomic E-state index is 12.2. The van der Waals surface area contributed by atoms with Crippen molar-refractivity contribution < 1.29 is 22.6 Å². The molecule has 0 aliphatic carbocycles. The summed E-state index contributed by atoms with van der Waals surface area (Å²) in [7, 11) is 1.71. The van der Waals surface area contributed by atoms with Gasteiger partial charge in [-0.1, -0.05) is 12.1 Å². The third-order valence-corrected chi connectivity index (χ3v) is 4.64. The summed E-state index contributed by atoms with van der Waals surface area (Å²) in [6.07, 6.45) is -4.02. The minimum absolute atomic E-state index is 0. The van der Waals surface area contributed by atoms with Crippen molar-refractivity contribution in [3.8, 4) is 5.75 Å². The lowest BCUT2D eigenvalue weighted by atomic mass is 10.0. The first-order valence-corrected chi connectivity index (χ1v) is 9.32. The van der Waals surface area contributed by atoms with Crippen LogP contribution in [0.4, 0.5) is 13.2 Å². The van der Waals surface area contributed by atoms with Crippen molar-refractivity contribution >= 4 is 29.9 Å². The molecule has 1 aliphatic rings. The molecule has 0 saturated carbocycles. The molecule has 2 rings (SSSR count). The van der Waals surface area contributed by atoms with Crippen LogP contribution in [0.3, 0.4) is 0 Å². The van der Waals surface area contributed by atoms with E-state index in [0.29, 0.717) is 18.9 Å². The predicted molar refractivity (Wildman–Crippen MR) is 118 cm³/mol. The monoisotopic (exact) mass is 530 g/mol. The Labute approximate surface area is 187 Å². The van der Waals surface area contributed by atoms with Crippen LogP contribution < -0.4 is 15.4 Å². The Bertz CT molecular complexity index is 633. The summed E-state index contributed by atoms with van der Waals surface area (Å²) < 4.78 is 45.8. The van der Waals surface area contributed by atoms with Crippen molar-refractivity contribution in [1.29, 1.82) is 0 Å². The third-order valence-electron chi connectivity index (χ3n) is 4.64. The van der Waals surface area contributed by atoms with E-state index >= 15 is 0 Å². The Morgan fingerprint density at radius 1 is 1.14 bits per heavy atom. The average molecular weight is 530 g/mol. The number of nitrogens with zero attached hydrogens (tertiary/aromatic N) is 2. The number of morpholine rings is 1. The summed E-state index contributed by atoms with van der Waals surface area (Å²) in [5, 5.41) is 6.57. The van der Waals surface area contributed by atoms with Gasteiger partial charge in [-0.2, -0.15) is 0 Å². The van der Waals surface area contributed by atoms with Gasteiger partial charge < -0.3 is 20.1 Å². The lowest BCUT2D eigenvalue weighted by Gasteiger charge is -2.41. The molecular formula is C19H30F3IN4O2. The highest BCUT2D eigenvalue weighted by Crippen LogP contribution is 2.22. The number of guanidine groups is 1. The van der Waals surface area contributed by atoms with Gasteiger partial charge in [0.05, 0.1) is 13.2 Å². The molecule has 1 aromatic carbocycles. The number of aliphatic imine (C=N–C) groups is 1. The van der Waals surface area contributed by atoms with Gasteiger partial charge in [0.15, 0.2) is 5.96 Å². The first-order chi connectivity index (χ1) is 13.2. The highest BCUT2D eigenvalue weighted by molar-refractivity contribution is 14.0. The Morgan fingerprint density at radius 2 is 1.76 bits per heavy atom. The van der Waals surface area contributed by atoms with E-state index in [1.165, 1.54) is 12.1 Å². The van der Waals surface area contributed by atoms with Gasteiger partial charge >= 0.3 is 6.36 Å². The van der Waals surface area contributed by atoms with E-state index in [-0.39, 0.29) is 35.3 Å². The van der Waals surface area contributed by atoms with Crippen LogP contribution in [0, 0.1) is 0 Å². The van der Waals surface area contributed by atoms with E-state index in [1.807, 2.05) is 0 Å². The normalized spacial score (nSPS) is 16.1. The molecule has 1 aromatic rings. The van der Waals surface area contributed by atoms with E-state index in [2.05, 4.69) is 39.1 Å². The summed E-state index contributed by atoms with van der Waals surface area (Å²) in [6.45, 7) is 9.04. The first-order valence-electron chi connectivity index (χ1n) is 9.32. The molecule has 0 spiro atoms. The summed E-state index contributed by atoms with van der Waals surface area (Å²) >= 11 is 0. The van der Waals surface area contributed by atoms with E-state index in [0.717, 1.165) is 38.4 Å². The Kier molecular flexibility index (Phi) is 10.5. The fourth-order valence-electron chi connectivity index (χ4n) is 2.98. The molecule has 10 heteroatoms. The van der Waals surface area contributed by atoms with Crippen LogP contribution in [0.15, 0.2) is 29.3 Å². The highest BCUT2D eigenvalue weighted by atomic mass is 127.